The number of pyridine rings is 1. The van der Waals surface area contributed by atoms with Crippen molar-refractivity contribution in [1.29, 1.82) is 0 Å². The molecular weight excluding hydrogens is 264 g/mol. The second-order valence-electron chi connectivity index (χ2n) is 5.02. The van der Waals surface area contributed by atoms with Gasteiger partial charge in [0.2, 0.25) is 0 Å². The van der Waals surface area contributed by atoms with Crippen LogP contribution in [-0.4, -0.2) is 15.0 Å². The SMILES string of the molecule is CCCc1nc(NN)c(C)c(NCc2ccc(C)nc2)n1. The Hall–Kier alpha value is -2.21. The van der Waals surface area contributed by atoms with Crippen LogP contribution in [0, 0.1) is 13.8 Å². The third kappa shape index (κ3) is 3.88. The predicted molar refractivity (Wildman–Crippen MR) is 84.9 cm³/mol. The molecule has 2 rings (SSSR count). The van der Waals surface area contributed by atoms with Gasteiger partial charge in [0.15, 0.2) is 0 Å². The fourth-order valence-corrected chi connectivity index (χ4v) is 2.00. The first-order chi connectivity index (χ1) is 10.1. The molecule has 0 aliphatic carbocycles. The monoisotopic (exact) mass is 286 g/mol. The Morgan fingerprint density at radius 2 is 1.90 bits per heavy atom. The van der Waals surface area contributed by atoms with E-state index in [0.29, 0.717) is 12.4 Å². The summed E-state index contributed by atoms with van der Waals surface area (Å²) in [4.78, 5) is 13.3. The van der Waals surface area contributed by atoms with Crippen LogP contribution in [-0.2, 0) is 13.0 Å². The lowest BCUT2D eigenvalue weighted by Gasteiger charge is -2.13. The average Bonchev–Trinajstić information content (AvgIpc) is 2.49. The second-order valence-corrected chi connectivity index (χ2v) is 5.02. The first-order valence-electron chi connectivity index (χ1n) is 7.13. The fourth-order valence-electron chi connectivity index (χ4n) is 2.00. The van der Waals surface area contributed by atoms with E-state index in [1.54, 1.807) is 0 Å². The number of aryl methyl sites for hydroxylation is 2. The number of anilines is 2. The maximum atomic E-state index is 5.53. The van der Waals surface area contributed by atoms with Crippen molar-refractivity contribution in [3.8, 4) is 0 Å². The molecule has 0 saturated carbocycles. The van der Waals surface area contributed by atoms with Crippen molar-refractivity contribution in [3.05, 3.63) is 41.0 Å². The number of nitrogens with zero attached hydrogens (tertiary/aromatic N) is 3. The maximum absolute atomic E-state index is 5.53. The molecule has 112 valence electrons. The summed E-state index contributed by atoms with van der Waals surface area (Å²) in [6.45, 7) is 6.69. The maximum Gasteiger partial charge on any atom is 0.148 e. The third-order valence-corrected chi connectivity index (χ3v) is 3.24. The van der Waals surface area contributed by atoms with E-state index in [9.17, 15) is 0 Å². The van der Waals surface area contributed by atoms with Crippen LogP contribution in [0.2, 0.25) is 0 Å². The zero-order valence-electron chi connectivity index (χ0n) is 12.8. The lowest BCUT2D eigenvalue weighted by atomic mass is 10.2. The number of hydrogen-bond acceptors (Lipinski definition) is 6. The lowest BCUT2D eigenvalue weighted by molar-refractivity contribution is 0.830. The molecule has 0 spiro atoms. The smallest absolute Gasteiger partial charge is 0.148 e. The predicted octanol–water partition coefficient (Wildman–Crippen LogP) is 2.34. The number of nitrogens with one attached hydrogen (secondary N) is 2. The van der Waals surface area contributed by atoms with E-state index in [2.05, 4.69) is 38.7 Å². The van der Waals surface area contributed by atoms with Crippen LogP contribution in [0.4, 0.5) is 11.6 Å². The van der Waals surface area contributed by atoms with Crippen LogP contribution in [0.5, 0.6) is 0 Å². The van der Waals surface area contributed by atoms with Crippen molar-refractivity contribution in [2.24, 2.45) is 5.84 Å². The van der Waals surface area contributed by atoms with E-state index in [1.807, 2.05) is 26.1 Å². The van der Waals surface area contributed by atoms with Crippen molar-refractivity contribution in [2.45, 2.75) is 40.2 Å². The molecule has 0 amide bonds. The van der Waals surface area contributed by atoms with E-state index in [1.165, 1.54) is 0 Å². The van der Waals surface area contributed by atoms with Crippen molar-refractivity contribution in [2.75, 3.05) is 10.7 Å². The molecule has 2 aromatic heterocycles. The van der Waals surface area contributed by atoms with E-state index in [-0.39, 0.29) is 0 Å². The zero-order chi connectivity index (χ0) is 15.2. The quantitative estimate of drug-likeness (QED) is 0.558. The summed E-state index contributed by atoms with van der Waals surface area (Å²) in [6, 6.07) is 4.06. The van der Waals surface area contributed by atoms with Gasteiger partial charge in [-0.25, -0.2) is 15.8 Å². The van der Waals surface area contributed by atoms with Crippen molar-refractivity contribution in [3.63, 3.8) is 0 Å². The van der Waals surface area contributed by atoms with Crippen molar-refractivity contribution >= 4 is 11.6 Å². The van der Waals surface area contributed by atoms with Crippen LogP contribution in [0.25, 0.3) is 0 Å². The lowest BCUT2D eigenvalue weighted by Crippen LogP contribution is -2.15. The van der Waals surface area contributed by atoms with Crippen LogP contribution >= 0.6 is 0 Å². The standard InChI is InChI=1S/C15H22N6/c1-4-5-13-19-14(11(3)15(20-13)21-16)18-9-12-7-6-10(2)17-8-12/h6-8H,4-5,9,16H2,1-3H3,(H2,18,19,20,21). The Balaban J connectivity index is 2.17. The number of rotatable bonds is 6. The number of nitrogens with two attached hydrogens (primary N) is 1. The fraction of sp³-hybridized carbons (Fsp3) is 0.400. The molecule has 4 N–H and O–H groups in total. The van der Waals surface area contributed by atoms with Gasteiger partial charge in [-0.1, -0.05) is 13.0 Å². The molecule has 0 aliphatic rings. The molecule has 0 radical (unpaired) electrons. The normalized spacial score (nSPS) is 10.5. The minimum Gasteiger partial charge on any atom is -0.366 e. The Labute approximate surface area is 125 Å². The molecule has 0 saturated heterocycles. The Morgan fingerprint density at radius 1 is 1.14 bits per heavy atom. The van der Waals surface area contributed by atoms with E-state index in [4.69, 9.17) is 5.84 Å². The van der Waals surface area contributed by atoms with Gasteiger partial charge in [0.25, 0.3) is 0 Å². The van der Waals surface area contributed by atoms with Gasteiger partial charge in [-0.05, 0) is 31.9 Å². The third-order valence-electron chi connectivity index (χ3n) is 3.24. The summed E-state index contributed by atoms with van der Waals surface area (Å²) in [5.41, 5.74) is 5.67. The minimum atomic E-state index is 0.665. The van der Waals surface area contributed by atoms with Gasteiger partial charge in [0, 0.05) is 30.4 Å². The molecule has 0 unspecified atom stereocenters. The number of aromatic nitrogens is 3. The van der Waals surface area contributed by atoms with E-state index >= 15 is 0 Å². The first-order valence-corrected chi connectivity index (χ1v) is 7.13. The summed E-state index contributed by atoms with van der Waals surface area (Å²) in [7, 11) is 0. The topological polar surface area (TPSA) is 88.8 Å². The highest BCUT2D eigenvalue weighted by Crippen LogP contribution is 2.20. The summed E-state index contributed by atoms with van der Waals surface area (Å²) in [5.74, 6) is 7.79. The molecule has 21 heavy (non-hydrogen) atoms. The van der Waals surface area contributed by atoms with Gasteiger partial charge in [0.05, 0.1) is 0 Å². The summed E-state index contributed by atoms with van der Waals surface area (Å²) < 4.78 is 0. The van der Waals surface area contributed by atoms with Gasteiger partial charge >= 0.3 is 0 Å². The number of hydrogen-bond donors (Lipinski definition) is 3. The summed E-state index contributed by atoms with van der Waals surface area (Å²) in [6.07, 6.45) is 3.69. The molecule has 0 atom stereocenters. The van der Waals surface area contributed by atoms with Crippen LogP contribution < -0.4 is 16.6 Å². The Bertz CT molecular complexity index is 594. The largest absolute Gasteiger partial charge is 0.366 e. The zero-order valence-corrected chi connectivity index (χ0v) is 12.8. The summed E-state index contributed by atoms with van der Waals surface area (Å²) in [5, 5.41) is 3.34. The molecular formula is C15H22N6. The van der Waals surface area contributed by atoms with E-state index < -0.39 is 0 Å². The number of hydrazine groups is 1. The van der Waals surface area contributed by atoms with Crippen molar-refractivity contribution < 1.29 is 0 Å². The molecule has 0 bridgehead atoms. The Morgan fingerprint density at radius 3 is 2.52 bits per heavy atom. The molecule has 0 aliphatic heterocycles. The van der Waals surface area contributed by atoms with Crippen molar-refractivity contribution in [1.82, 2.24) is 15.0 Å². The average molecular weight is 286 g/mol. The first kappa shape index (κ1) is 15.2. The highest BCUT2D eigenvalue weighted by atomic mass is 15.3. The molecule has 6 nitrogen and oxygen atoms in total. The van der Waals surface area contributed by atoms with Crippen LogP contribution in [0.15, 0.2) is 18.3 Å². The van der Waals surface area contributed by atoms with Gasteiger partial charge in [-0.15, -0.1) is 0 Å². The minimum absolute atomic E-state index is 0.665. The highest BCUT2D eigenvalue weighted by Gasteiger charge is 2.09. The van der Waals surface area contributed by atoms with Gasteiger partial charge in [-0.2, -0.15) is 0 Å². The van der Waals surface area contributed by atoms with E-state index in [0.717, 1.165) is 41.3 Å². The molecule has 2 aromatic rings. The molecule has 6 heteroatoms. The molecule has 2 heterocycles. The van der Waals surface area contributed by atoms with Gasteiger partial charge < -0.3 is 10.7 Å². The highest BCUT2D eigenvalue weighted by molar-refractivity contribution is 5.56. The number of nitrogen functional groups attached to an aromatic ring is 1. The van der Waals surface area contributed by atoms with Crippen LogP contribution in [0.3, 0.4) is 0 Å². The summed E-state index contributed by atoms with van der Waals surface area (Å²) >= 11 is 0. The molecule has 0 aromatic carbocycles. The van der Waals surface area contributed by atoms with Gasteiger partial charge in [0.1, 0.15) is 17.5 Å². The van der Waals surface area contributed by atoms with Gasteiger partial charge in [-0.3, -0.25) is 4.98 Å². The Kier molecular flexibility index (Phi) is 5.05. The van der Waals surface area contributed by atoms with Crippen LogP contribution in [0.1, 0.15) is 36.0 Å². The molecule has 0 fully saturated rings. The second kappa shape index (κ2) is 6.99.